The van der Waals surface area contributed by atoms with Gasteiger partial charge in [0, 0.05) is 0 Å². The fraction of sp³-hybridized carbons (Fsp3) is 0. The lowest BCUT2D eigenvalue weighted by Crippen LogP contribution is -2.12. The molecule has 0 aliphatic rings. The van der Waals surface area contributed by atoms with Gasteiger partial charge in [0.15, 0.2) is 10.4 Å². The molecule has 98 valence electrons. The first-order valence-electron chi connectivity index (χ1n) is 5.17. The van der Waals surface area contributed by atoms with Crippen LogP contribution in [0.5, 0.6) is 0 Å². The Morgan fingerprint density at radius 2 is 2.00 bits per heavy atom. The van der Waals surface area contributed by atoms with Gasteiger partial charge in [-0.05, 0) is 46.3 Å². The average Bonchev–Trinajstić information content (AvgIpc) is 2.78. The number of amides is 1. The fourth-order valence-electron chi connectivity index (χ4n) is 1.43. The van der Waals surface area contributed by atoms with Gasteiger partial charge in [0.2, 0.25) is 0 Å². The molecule has 0 bridgehead atoms. The first-order chi connectivity index (χ1) is 8.97. The summed E-state index contributed by atoms with van der Waals surface area (Å²) in [5.41, 5.74) is 6.21. The van der Waals surface area contributed by atoms with E-state index in [0.29, 0.717) is 10.4 Å². The zero-order valence-corrected chi connectivity index (χ0v) is 11.1. The molecule has 1 aromatic carbocycles. The number of nitrogens with one attached hydrogen (secondary N) is 1. The molecule has 0 spiro atoms. The van der Waals surface area contributed by atoms with Crippen molar-refractivity contribution in [3.63, 3.8) is 0 Å². The number of hydrogen-bond donors (Lipinski definition) is 3. The van der Waals surface area contributed by atoms with Gasteiger partial charge in [-0.2, -0.15) is 0 Å². The molecule has 0 saturated heterocycles. The van der Waals surface area contributed by atoms with Crippen LogP contribution in [0, 0.1) is 0 Å². The van der Waals surface area contributed by atoms with Gasteiger partial charge in [-0.15, -0.1) is 0 Å². The predicted octanol–water partition coefficient (Wildman–Crippen LogP) is 2.57. The molecule has 6 nitrogen and oxygen atoms in total. The lowest BCUT2D eigenvalue weighted by atomic mass is 10.1. The Kier molecular flexibility index (Phi) is 3.57. The van der Waals surface area contributed by atoms with Crippen LogP contribution in [0.2, 0.25) is 0 Å². The molecule has 0 unspecified atom stereocenters. The number of halogens is 1. The molecule has 0 aliphatic carbocycles. The molecule has 0 saturated carbocycles. The molecule has 1 heterocycles. The summed E-state index contributed by atoms with van der Waals surface area (Å²) in [5.74, 6) is -1.44. The van der Waals surface area contributed by atoms with Crippen molar-refractivity contribution >= 4 is 39.2 Å². The van der Waals surface area contributed by atoms with Crippen LogP contribution in [-0.2, 0) is 0 Å². The van der Waals surface area contributed by atoms with E-state index in [2.05, 4.69) is 21.2 Å². The molecule has 7 heteroatoms. The molecule has 19 heavy (non-hydrogen) atoms. The molecular weight excluding hydrogens is 316 g/mol. The van der Waals surface area contributed by atoms with Gasteiger partial charge in [-0.3, -0.25) is 4.79 Å². The Morgan fingerprint density at radius 1 is 1.26 bits per heavy atom. The van der Waals surface area contributed by atoms with E-state index in [4.69, 9.17) is 15.3 Å². The summed E-state index contributed by atoms with van der Waals surface area (Å²) < 4.78 is 5.53. The molecule has 1 amide bonds. The van der Waals surface area contributed by atoms with Crippen molar-refractivity contribution in [2.45, 2.75) is 0 Å². The third-order valence-corrected chi connectivity index (χ3v) is 2.77. The fourth-order valence-corrected chi connectivity index (χ4v) is 1.74. The number of nitrogens with two attached hydrogens (primary N) is 1. The molecule has 2 aromatic rings. The highest BCUT2D eigenvalue weighted by atomic mass is 79.9. The summed E-state index contributed by atoms with van der Waals surface area (Å²) in [6.45, 7) is 0. The van der Waals surface area contributed by atoms with E-state index < -0.39 is 11.9 Å². The van der Waals surface area contributed by atoms with Gasteiger partial charge in [-0.1, -0.05) is 0 Å². The van der Waals surface area contributed by atoms with Crippen LogP contribution in [0.25, 0.3) is 0 Å². The van der Waals surface area contributed by atoms with Crippen LogP contribution in [0.15, 0.2) is 39.4 Å². The van der Waals surface area contributed by atoms with Crippen LogP contribution in [0.1, 0.15) is 20.9 Å². The van der Waals surface area contributed by atoms with Gasteiger partial charge in [0.1, 0.15) is 0 Å². The zero-order chi connectivity index (χ0) is 14.0. The monoisotopic (exact) mass is 324 g/mol. The second kappa shape index (κ2) is 5.15. The van der Waals surface area contributed by atoms with Crippen LogP contribution < -0.4 is 11.1 Å². The molecular formula is C12H9BrN2O4. The first kappa shape index (κ1) is 13.2. The molecule has 1 aromatic heterocycles. The van der Waals surface area contributed by atoms with E-state index in [1.54, 1.807) is 6.07 Å². The number of carbonyl (C=O) groups excluding carboxylic acids is 1. The van der Waals surface area contributed by atoms with E-state index in [1.807, 2.05) is 0 Å². The maximum atomic E-state index is 11.8. The predicted molar refractivity (Wildman–Crippen MR) is 72.2 cm³/mol. The molecule has 0 atom stereocenters. The number of nitrogen functional groups attached to an aromatic ring is 1. The van der Waals surface area contributed by atoms with Crippen LogP contribution >= 0.6 is 15.9 Å². The summed E-state index contributed by atoms with van der Waals surface area (Å²) >= 11 is 3.09. The minimum atomic E-state index is -1.08. The minimum Gasteiger partial charge on any atom is -0.478 e. The Bertz CT molecular complexity index is 651. The molecule has 0 radical (unpaired) electrons. The Hall–Kier alpha value is -2.28. The SMILES string of the molecule is Nc1cc(C(=O)O)ccc1NC(=O)c1ccc(Br)o1. The van der Waals surface area contributed by atoms with Crippen molar-refractivity contribution in [2.24, 2.45) is 0 Å². The Morgan fingerprint density at radius 3 is 2.53 bits per heavy atom. The number of carbonyl (C=O) groups is 2. The maximum absolute atomic E-state index is 11.8. The third-order valence-electron chi connectivity index (χ3n) is 2.34. The normalized spacial score (nSPS) is 10.2. The number of rotatable bonds is 3. The van der Waals surface area contributed by atoms with E-state index in [-0.39, 0.29) is 17.0 Å². The van der Waals surface area contributed by atoms with Crippen molar-refractivity contribution in [2.75, 3.05) is 11.1 Å². The van der Waals surface area contributed by atoms with Crippen molar-refractivity contribution < 1.29 is 19.1 Å². The summed E-state index contributed by atoms with van der Waals surface area (Å²) in [6, 6.07) is 7.14. The number of hydrogen-bond acceptors (Lipinski definition) is 4. The van der Waals surface area contributed by atoms with Gasteiger partial charge >= 0.3 is 5.97 Å². The zero-order valence-electron chi connectivity index (χ0n) is 9.51. The molecule has 4 N–H and O–H groups in total. The van der Waals surface area contributed by atoms with Crippen LogP contribution in [0.4, 0.5) is 11.4 Å². The largest absolute Gasteiger partial charge is 0.478 e. The smallest absolute Gasteiger partial charge is 0.335 e. The van der Waals surface area contributed by atoms with Crippen molar-refractivity contribution in [1.29, 1.82) is 0 Å². The number of anilines is 2. The summed E-state index contributed by atoms with van der Waals surface area (Å²) in [6.07, 6.45) is 0. The van der Waals surface area contributed by atoms with Crippen LogP contribution in [-0.4, -0.2) is 17.0 Å². The topological polar surface area (TPSA) is 106 Å². The van der Waals surface area contributed by atoms with Gasteiger partial charge in [-0.25, -0.2) is 4.79 Å². The standard InChI is InChI=1S/C12H9BrN2O4/c13-10-4-3-9(19-10)11(16)15-8-2-1-6(12(17)18)5-7(8)14/h1-5H,14H2,(H,15,16)(H,17,18). The second-order valence-electron chi connectivity index (χ2n) is 3.67. The average molecular weight is 325 g/mol. The molecule has 2 rings (SSSR count). The van der Waals surface area contributed by atoms with E-state index in [1.165, 1.54) is 24.3 Å². The maximum Gasteiger partial charge on any atom is 0.335 e. The van der Waals surface area contributed by atoms with Gasteiger partial charge < -0.3 is 20.6 Å². The van der Waals surface area contributed by atoms with E-state index in [0.717, 1.165) is 0 Å². The van der Waals surface area contributed by atoms with Crippen LogP contribution in [0.3, 0.4) is 0 Å². The van der Waals surface area contributed by atoms with Crippen molar-refractivity contribution in [3.8, 4) is 0 Å². The van der Waals surface area contributed by atoms with E-state index in [9.17, 15) is 9.59 Å². The van der Waals surface area contributed by atoms with E-state index >= 15 is 0 Å². The number of carboxylic acid groups (broad SMARTS) is 1. The number of carboxylic acids is 1. The minimum absolute atomic E-state index is 0.0521. The molecule has 0 fully saturated rings. The quantitative estimate of drug-likeness (QED) is 0.752. The molecule has 0 aliphatic heterocycles. The number of benzene rings is 1. The third kappa shape index (κ3) is 2.94. The summed E-state index contributed by atoms with van der Waals surface area (Å²) in [7, 11) is 0. The van der Waals surface area contributed by atoms with Crippen molar-refractivity contribution in [3.05, 3.63) is 46.3 Å². The highest BCUT2D eigenvalue weighted by Gasteiger charge is 2.13. The second-order valence-corrected chi connectivity index (χ2v) is 4.45. The summed E-state index contributed by atoms with van der Waals surface area (Å²) in [5, 5.41) is 11.3. The lowest BCUT2D eigenvalue weighted by Gasteiger charge is -2.07. The highest BCUT2D eigenvalue weighted by Crippen LogP contribution is 2.22. The Labute approximate surface area is 116 Å². The Balaban J connectivity index is 2.20. The van der Waals surface area contributed by atoms with Gasteiger partial charge in [0.25, 0.3) is 5.91 Å². The first-order valence-corrected chi connectivity index (χ1v) is 5.96. The van der Waals surface area contributed by atoms with Crippen molar-refractivity contribution in [1.82, 2.24) is 0 Å². The summed E-state index contributed by atoms with van der Waals surface area (Å²) in [4.78, 5) is 22.5. The lowest BCUT2D eigenvalue weighted by molar-refractivity contribution is 0.0697. The highest BCUT2D eigenvalue weighted by molar-refractivity contribution is 9.10. The number of aromatic carboxylic acids is 1. The van der Waals surface area contributed by atoms with Gasteiger partial charge in [0.05, 0.1) is 16.9 Å². The number of furan rings is 1.